The fourth-order valence-corrected chi connectivity index (χ4v) is 4.44. The maximum Gasteiger partial charge on any atom is 0.261 e. The molecule has 116 valence electrons. The van der Waals surface area contributed by atoms with E-state index in [-0.39, 0.29) is 5.03 Å². The molecular weight excluding hydrogens is 294 g/mol. The Hall–Kier alpha value is -1.51. The third kappa shape index (κ3) is 3.07. The number of aliphatic hydroxyl groups is 1. The highest BCUT2D eigenvalue weighted by Gasteiger charge is 2.44. The number of carbonyl (C=O) groups excluding carboxylic acids is 1. The van der Waals surface area contributed by atoms with E-state index >= 15 is 0 Å². The van der Waals surface area contributed by atoms with Gasteiger partial charge in [-0.1, -0.05) is 6.07 Å². The van der Waals surface area contributed by atoms with Crippen molar-refractivity contribution in [2.24, 2.45) is 5.73 Å². The maximum absolute atomic E-state index is 12.8. The number of nitrogens with zero attached hydrogens (tertiary/aromatic N) is 2. The number of aliphatic hydroxyl groups excluding tert-OH is 1. The third-order valence-electron chi connectivity index (χ3n) is 3.67. The van der Waals surface area contributed by atoms with Crippen LogP contribution in [0.2, 0.25) is 0 Å². The number of rotatable bonds is 3. The van der Waals surface area contributed by atoms with E-state index in [4.69, 9.17) is 5.73 Å². The summed E-state index contributed by atoms with van der Waals surface area (Å²) in [5.74, 6) is -0.851. The molecule has 0 aromatic carbocycles. The van der Waals surface area contributed by atoms with E-state index in [1.54, 1.807) is 19.1 Å². The summed E-state index contributed by atoms with van der Waals surface area (Å²) in [6.45, 7) is 1.70. The highest BCUT2D eigenvalue weighted by atomic mass is 32.2. The van der Waals surface area contributed by atoms with Gasteiger partial charge in [-0.2, -0.15) is 4.31 Å². The highest BCUT2D eigenvalue weighted by molar-refractivity contribution is 7.89. The van der Waals surface area contributed by atoms with Gasteiger partial charge in [0.2, 0.25) is 5.91 Å². The van der Waals surface area contributed by atoms with E-state index < -0.39 is 34.1 Å². The number of primary amides is 1. The normalized spacial score (nSPS) is 28.0. The molecule has 0 aliphatic carbocycles. The number of aromatic nitrogens is 1. The van der Waals surface area contributed by atoms with Gasteiger partial charge >= 0.3 is 0 Å². The summed E-state index contributed by atoms with van der Waals surface area (Å²) in [6, 6.07) is 2.81. The lowest BCUT2D eigenvalue weighted by Gasteiger charge is -2.33. The molecule has 0 bridgehead atoms. The summed E-state index contributed by atoms with van der Waals surface area (Å²) in [4.78, 5) is 15.5. The Bertz CT molecular complexity index is 605. The molecule has 21 heavy (non-hydrogen) atoms. The van der Waals surface area contributed by atoms with Gasteiger partial charge in [-0.05, 0) is 38.3 Å². The highest BCUT2D eigenvalue weighted by Crippen LogP contribution is 2.28. The predicted octanol–water partition coefficient (Wildman–Crippen LogP) is -0.140. The van der Waals surface area contributed by atoms with Crippen LogP contribution >= 0.6 is 0 Å². The van der Waals surface area contributed by atoms with Crippen molar-refractivity contribution in [3.05, 3.63) is 24.4 Å². The van der Waals surface area contributed by atoms with E-state index in [9.17, 15) is 18.3 Å². The van der Waals surface area contributed by atoms with Crippen LogP contribution in [0.5, 0.6) is 0 Å². The third-order valence-corrected chi connectivity index (χ3v) is 5.58. The van der Waals surface area contributed by atoms with Crippen molar-refractivity contribution in [3.8, 4) is 0 Å². The van der Waals surface area contributed by atoms with Crippen LogP contribution in [0.1, 0.15) is 26.2 Å². The van der Waals surface area contributed by atoms with Gasteiger partial charge in [-0.15, -0.1) is 0 Å². The van der Waals surface area contributed by atoms with E-state index in [1.807, 2.05) is 0 Å². The van der Waals surface area contributed by atoms with Crippen LogP contribution in [0, 0.1) is 0 Å². The van der Waals surface area contributed by atoms with Crippen LogP contribution in [-0.2, 0) is 14.8 Å². The Kier molecular flexibility index (Phi) is 4.60. The van der Waals surface area contributed by atoms with Crippen LogP contribution < -0.4 is 5.73 Å². The zero-order valence-corrected chi connectivity index (χ0v) is 12.5. The smallest absolute Gasteiger partial charge is 0.261 e. The van der Waals surface area contributed by atoms with Crippen molar-refractivity contribution in [1.29, 1.82) is 0 Å². The van der Waals surface area contributed by atoms with E-state index in [2.05, 4.69) is 4.98 Å². The molecule has 3 atom stereocenters. The standard InChI is InChI=1S/C13H19N3O4S/c1-9-5-4-6-10(17)12(13(14)18)16(9)21(19,20)11-7-2-3-8-15-11/h2-3,7-10,12,17H,4-6H2,1H3,(H2,14,18)/t9-,10+,12?/m1/s1. The zero-order chi connectivity index (χ0) is 15.6. The Morgan fingerprint density at radius 2 is 2.14 bits per heavy atom. The fraction of sp³-hybridized carbons (Fsp3) is 0.538. The maximum atomic E-state index is 12.8. The number of amides is 1. The lowest BCUT2D eigenvalue weighted by molar-refractivity contribution is -0.125. The average Bonchev–Trinajstić information content (AvgIpc) is 2.59. The summed E-state index contributed by atoms with van der Waals surface area (Å²) in [5.41, 5.74) is 5.33. The van der Waals surface area contributed by atoms with Gasteiger partial charge in [-0.3, -0.25) is 4.79 Å². The Morgan fingerprint density at radius 3 is 2.71 bits per heavy atom. The molecule has 2 heterocycles. The van der Waals surface area contributed by atoms with Gasteiger partial charge in [-0.25, -0.2) is 13.4 Å². The molecule has 7 nitrogen and oxygen atoms in total. The molecule has 3 N–H and O–H groups in total. The van der Waals surface area contributed by atoms with Gasteiger partial charge < -0.3 is 10.8 Å². The molecule has 1 unspecified atom stereocenters. The van der Waals surface area contributed by atoms with Crippen molar-refractivity contribution in [3.63, 3.8) is 0 Å². The Labute approximate surface area is 123 Å². The van der Waals surface area contributed by atoms with Gasteiger partial charge in [0, 0.05) is 12.2 Å². The van der Waals surface area contributed by atoms with Crippen molar-refractivity contribution in [2.45, 2.75) is 49.4 Å². The topological polar surface area (TPSA) is 114 Å². The summed E-state index contributed by atoms with van der Waals surface area (Å²) in [5, 5.41) is 9.94. The molecule has 1 aromatic heterocycles. The summed E-state index contributed by atoms with van der Waals surface area (Å²) in [7, 11) is -4.00. The zero-order valence-electron chi connectivity index (χ0n) is 11.7. The molecule has 1 aromatic rings. The first kappa shape index (κ1) is 15.9. The molecule has 0 saturated carbocycles. The van der Waals surface area contributed by atoms with Crippen molar-refractivity contribution in [2.75, 3.05) is 0 Å². The molecule has 1 saturated heterocycles. The molecule has 0 spiro atoms. The quantitative estimate of drug-likeness (QED) is 0.806. The van der Waals surface area contributed by atoms with Gasteiger partial charge in [0.15, 0.2) is 5.03 Å². The lowest BCUT2D eigenvalue weighted by atomic mass is 10.1. The minimum atomic E-state index is -4.00. The van der Waals surface area contributed by atoms with E-state index in [0.717, 1.165) is 4.31 Å². The van der Waals surface area contributed by atoms with E-state index in [1.165, 1.54) is 12.3 Å². The van der Waals surface area contributed by atoms with E-state index in [0.29, 0.717) is 19.3 Å². The van der Waals surface area contributed by atoms with Crippen molar-refractivity contribution in [1.82, 2.24) is 9.29 Å². The first-order valence-corrected chi connectivity index (χ1v) is 8.21. The molecule has 1 fully saturated rings. The average molecular weight is 313 g/mol. The van der Waals surface area contributed by atoms with Crippen LogP contribution in [0.25, 0.3) is 0 Å². The Balaban J connectivity index is 2.52. The van der Waals surface area contributed by atoms with Gasteiger partial charge in [0.1, 0.15) is 6.04 Å². The van der Waals surface area contributed by atoms with Crippen LogP contribution in [0.3, 0.4) is 0 Å². The molecule has 2 rings (SSSR count). The molecule has 0 radical (unpaired) electrons. The largest absolute Gasteiger partial charge is 0.391 e. The first-order valence-electron chi connectivity index (χ1n) is 6.77. The molecule has 1 aliphatic rings. The second-order valence-corrected chi connectivity index (χ2v) is 6.99. The number of sulfonamides is 1. The monoisotopic (exact) mass is 313 g/mol. The summed E-state index contributed by atoms with van der Waals surface area (Å²) < 4.78 is 26.5. The summed E-state index contributed by atoms with van der Waals surface area (Å²) >= 11 is 0. The number of pyridine rings is 1. The Morgan fingerprint density at radius 1 is 1.43 bits per heavy atom. The number of nitrogens with two attached hydrogens (primary N) is 1. The van der Waals surface area contributed by atoms with Gasteiger partial charge in [0.25, 0.3) is 10.0 Å². The number of hydrogen-bond donors (Lipinski definition) is 2. The fourth-order valence-electron chi connectivity index (χ4n) is 2.66. The lowest BCUT2D eigenvalue weighted by Crippen LogP contribution is -2.55. The molecular formula is C13H19N3O4S. The van der Waals surface area contributed by atoms with Crippen LogP contribution in [0.15, 0.2) is 29.4 Å². The van der Waals surface area contributed by atoms with Gasteiger partial charge in [0.05, 0.1) is 6.10 Å². The second kappa shape index (κ2) is 6.08. The van der Waals surface area contributed by atoms with Crippen LogP contribution in [-0.4, -0.2) is 46.9 Å². The van der Waals surface area contributed by atoms with Crippen molar-refractivity contribution >= 4 is 15.9 Å². The number of carbonyl (C=O) groups is 1. The minimum Gasteiger partial charge on any atom is -0.391 e. The first-order chi connectivity index (χ1) is 9.85. The minimum absolute atomic E-state index is 0.155. The predicted molar refractivity (Wildman–Crippen MR) is 75.6 cm³/mol. The molecule has 8 heteroatoms. The molecule has 1 amide bonds. The van der Waals surface area contributed by atoms with Crippen LogP contribution in [0.4, 0.5) is 0 Å². The van der Waals surface area contributed by atoms with Crippen molar-refractivity contribution < 1.29 is 18.3 Å². The summed E-state index contributed by atoms with van der Waals surface area (Å²) in [6.07, 6.45) is 1.77. The molecule has 1 aliphatic heterocycles. The second-order valence-electron chi connectivity index (χ2n) is 5.20. The SMILES string of the molecule is C[C@@H]1CCC[C@H](O)C(C(N)=O)N1S(=O)(=O)c1ccccn1. The number of hydrogen-bond acceptors (Lipinski definition) is 5.